The maximum atomic E-state index is 11.9. The highest BCUT2D eigenvalue weighted by Crippen LogP contribution is 2.32. The Balaban J connectivity index is 1.45. The van der Waals surface area contributed by atoms with Crippen molar-refractivity contribution >= 4 is 11.9 Å². The molecule has 26 heavy (non-hydrogen) atoms. The number of hydrogen-bond acceptors (Lipinski definition) is 4. The third kappa shape index (κ3) is 4.33. The van der Waals surface area contributed by atoms with Gasteiger partial charge in [-0.1, -0.05) is 30.3 Å². The molecule has 1 aliphatic carbocycles. The molecule has 0 saturated heterocycles. The summed E-state index contributed by atoms with van der Waals surface area (Å²) in [7, 11) is 0. The summed E-state index contributed by atoms with van der Waals surface area (Å²) in [6, 6.07) is 16.8. The Bertz CT molecular complexity index is 754. The van der Waals surface area contributed by atoms with Crippen molar-refractivity contribution in [3.8, 4) is 11.5 Å². The zero-order chi connectivity index (χ0) is 18.4. The summed E-state index contributed by atoms with van der Waals surface area (Å²) in [4.78, 5) is 23.2. The summed E-state index contributed by atoms with van der Waals surface area (Å²) in [6.07, 6.45) is 1.72. The van der Waals surface area contributed by atoms with Crippen LogP contribution >= 0.6 is 0 Å². The van der Waals surface area contributed by atoms with E-state index in [0.29, 0.717) is 30.9 Å². The number of carbonyl (C=O) groups is 2. The van der Waals surface area contributed by atoms with E-state index in [1.807, 2.05) is 30.3 Å². The molecule has 0 unspecified atom stereocenters. The quantitative estimate of drug-likeness (QED) is 0.761. The Kier molecular flexibility index (Phi) is 5.41. The molecule has 0 atom stereocenters. The number of amides is 1. The first-order valence-electron chi connectivity index (χ1n) is 8.51. The highest BCUT2D eigenvalue weighted by atomic mass is 16.5. The first-order valence-corrected chi connectivity index (χ1v) is 8.51. The van der Waals surface area contributed by atoms with Gasteiger partial charge in [-0.25, -0.2) is 4.79 Å². The molecule has 2 N–H and O–H groups in total. The Morgan fingerprint density at radius 1 is 0.962 bits per heavy atom. The predicted molar refractivity (Wildman–Crippen MR) is 95.1 cm³/mol. The highest BCUT2D eigenvalue weighted by Gasteiger charge is 2.45. The zero-order valence-corrected chi connectivity index (χ0v) is 14.3. The van der Waals surface area contributed by atoms with Gasteiger partial charge in [0.1, 0.15) is 23.6 Å². The lowest BCUT2D eigenvalue weighted by Gasteiger charge is -2.38. The largest absolute Gasteiger partial charge is 0.489 e. The number of rotatable bonds is 8. The van der Waals surface area contributed by atoms with E-state index in [-0.39, 0.29) is 6.61 Å². The minimum absolute atomic E-state index is 0.223. The Labute approximate surface area is 151 Å². The number of ether oxygens (including phenoxy) is 2. The Hall–Kier alpha value is -3.02. The molecule has 3 rings (SSSR count). The minimum atomic E-state index is -1.12. The van der Waals surface area contributed by atoms with Crippen LogP contribution in [0.4, 0.5) is 0 Å². The van der Waals surface area contributed by atoms with Crippen LogP contribution in [0.15, 0.2) is 54.6 Å². The van der Waals surface area contributed by atoms with Crippen molar-refractivity contribution in [2.24, 2.45) is 0 Å². The van der Waals surface area contributed by atoms with Gasteiger partial charge >= 0.3 is 5.97 Å². The topological polar surface area (TPSA) is 84.9 Å². The van der Waals surface area contributed by atoms with Crippen LogP contribution in [0.25, 0.3) is 0 Å². The number of aliphatic carboxylic acids is 1. The van der Waals surface area contributed by atoms with Crippen molar-refractivity contribution in [2.45, 2.75) is 31.4 Å². The van der Waals surface area contributed by atoms with Gasteiger partial charge < -0.3 is 19.9 Å². The van der Waals surface area contributed by atoms with E-state index in [4.69, 9.17) is 9.47 Å². The van der Waals surface area contributed by atoms with E-state index in [1.54, 1.807) is 24.3 Å². The SMILES string of the molecule is O=C(COc1ccc(OCc2ccccc2)cc1)NC1(C(=O)O)CCC1. The Morgan fingerprint density at radius 2 is 1.58 bits per heavy atom. The monoisotopic (exact) mass is 355 g/mol. The molecule has 0 radical (unpaired) electrons. The van der Waals surface area contributed by atoms with Gasteiger partial charge in [-0.15, -0.1) is 0 Å². The molecule has 2 aromatic rings. The molecular formula is C20H21NO5. The van der Waals surface area contributed by atoms with Gasteiger partial charge in [0.2, 0.25) is 0 Å². The number of carbonyl (C=O) groups excluding carboxylic acids is 1. The maximum Gasteiger partial charge on any atom is 0.329 e. The van der Waals surface area contributed by atoms with E-state index in [2.05, 4.69) is 5.32 Å². The lowest BCUT2D eigenvalue weighted by Crippen LogP contribution is -2.59. The van der Waals surface area contributed by atoms with Crippen molar-refractivity contribution in [3.05, 3.63) is 60.2 Å². The van der Waals surface area contributed by atoms with Gasteiger partial charge in [0, 0.05) is 0 Å². The van der Waals surface area contributed by atoms with E-state index >= 15 is 0 Å². The van der Waals surface area contributed by atoms with Crippen LogP contribution in [-0.2, 0) is 16.2 Å². The summed E-state index contributed by atoms with van der Waals surface area (Å²) in [5, 5.41) is 11.8. The molecule has 6 heteroatoms. The van der Waals surface area contributed by atoms with Gasteiger partial charge in [-0.05, 0) is 49.1 Å². The van der Waals surface area contributed by atoms with Gasteiger partial charge in [-0.3, -0.25) is 4.79 Å². The second kappa shape index (κ2) is 7.91. The van der Waals surface area contributed by atoms with E-state index < -0.39 is 17.4 Å². The number of hydrogen-bond donors (Lipinski definition) is 2. The molecule has 1 aliphatic rings. The lowest BCUT2D eigenvalue weighted by atomic mass is 9.77. The molecule has 1 fully saturated rings. The summed E-state index contributed by atoms with van der Waals surface area (Å²) in [6.45, 7) is 0.250. The fourth-order valence-electron chi connectivity index (χ4n) is 2.75. The lowest BCUT2D eigenvalue weighted by molar-refractivity contribution is -0.152. The molecule has 0 bridgehead atoms. The number of carboxylic acid groups (broad SMARTS) is 1. The summed E-state index contributed by atoms with van der Waals surface area (Å²) in [5.74, 6) is -0.205. The first kappa shape index (κ1) is 17.8. The Morgan fingerprint density at radius 3 is 2.12 bits per heavy atom. The van der Waals surface area contributed by atoms with Crippen LogP contribution in [0.2, 0.25) is 0 Å². The summed E-state index contributed by atoms with van der Waals surface area (Å²) in [5.41, 5.74) is -0.0388. The molecular weight excluding hydrogens is 334 g/mol. The normalized spacial score (nSPS) is 14.8. The van der Waals surface area contributed by atoms with Crippen molar-refractivity contribution < 1.29 is 24.2 Å². The average molecular weight is 355 g/mol. The molecule has 1 amide bonds. The minimum Gasteiger partial charge on any atom is -0.489 e. The third-order valence-corrected chi connectivity index (χ3v) is 4.44. The van der Waals surface area contributed by atoms with E-state index in [9.17, 15) is 14.7 Å². The van der Waals surface area contributed by atoms with Crippen LogP contribution in [-0.4, -0.2) is 29.1 Å². The molecule has 2 aromatic carbocycles. The number of carboxylic acids is 1. The van der Waals surface area contributed by atoms with Crippen LogP contribution < -0.4 is 14.8 Å². The van der Waals surface area contributed by atoms with Crippen LogP contribution in [0, 0.1) is 0 Å². The maximum absolute atomic E-state index is 11.9. The van der Waals surface area contributed by atoms with Crippen molar-refractivity contribution in [3.63, 3.8) is 0 Å². The first-order chi connectivity index (χ1) is 12.6. The van der Waals surface area contributed by atoms with Crippen molar-refractivity contribution in [1.82, 2.24) is 5.32 Å². The molecule has 1 saturated carbocycles. The smallest absolute Gasteiger partial charge is 0.329 e. The molecule has 6 nitrogen and oxygen atoms in total. The fourth-order valence-corrected chi connectivity index (χ4v) is 2.75. The standard InChI is InChI=1S/C20H21NO5/c22-18(21-20(19(23)24)11-4-12-20)14-26-17-9-7-16(8-10-17)25-13-15-5-2-1-3-6-15/h1-3,5-10H,4,11-14H2,(H,21,22)(H,23,24). The average Bonchev–Trinajstić information content (AvgIpc) is 2.62. The fraction of sp³-hybridized carbons (Fsp3) is 0.300. The van der Waals surface area contributed by atoms with Crippen molar-refractivity contribution in [2.75, 3.05) is 6.61 Å². The molecule has 0 aromatic heterocycles. The summed E-state index contributed by atoms with van der Waals surface area (Å²) >= 11 is 0. The molecule has 0 heterocycles. The van der Waals surface area contributed by atoms with E-state index in [0.717, 1.165) is 12.0 Å². The number of nitrogens with one attached hydrogen (secondary N) is 1. The second-order valence-electron chi connectivity index (χ2n) is 6.32. The van der Waals surface area contributed by atoms with Gasteiger partial charge in [0.15, 0.2) is 6.61 Å². The second-order valence-corrected chi connectivity index (χ2v) is 6.32. The number of benzene rings is 2. The zero-order valence-electron chi connectivity index (χ0n) is 14.3. The van der Waals surface area contributed by atoms with E-state index in [1.165, 1.54) is 0 Å². The third-order valence-electron chi connectivity index (χ3n) is 4.44. The molecule has 0 spiro atoms. The van der Waals surface area contributed by atoms with Crippen molar-refractivity contribution in [1.29, 1.82) is 0 Å². The van der Waals surface area contributed by atoms with Crippen LogP contribution in [0.5, 0.6) is 11.5 Å². The molecule has 136 valence electrons. The molecule has 0 aliphatic heterocycles. The van der Waals surface area contributed by atoms with Crippen LogP contribution in [0.1, 0.15) is 24.8 Å². The van der Waals surface area contributed by atoms with Crippen LogP contribution in [0.3, 0.4) is 0 Å². The predicted octanol–water partition coefficient (Wildman–Crippen LogP) is 2.77. The highest BCUT2D eigenvalue weighted by molar-refractivity contribution is 5.88. The van der Waals surface area contributed by atoms with Gasteiger partial charge in [0.05, 0.1) is 0 Å². The van der Waals surface area contributed by atoms with Gasteiger partial charge in [0.25, 0.3) is 5.91 Å². The van der Waals surface area contributed by atoms with Gasteiger partial charge in [-0.2, -0.15) is 0 Å². The summed E-state index contributed by atoms with van der Waals surface area (Å²) < 4.78 is 11.1.